The van der Waals surface area contributed by atoms with Gasteiger partial charge in [0.2, 0.25) is 10.0 Å². The van der Waals surface area contributed by atoms with Gasteiger partial charge in [-0.3, -0.25) is 9.52 Å². The predicted octanol–water partition coefficient (Wildman–Crippen LogP) is 1.50. The van der Waals surface area contributed by atoms with Crippen LogP contribution in [-0.4, -0.2) is 31.9 Å². The van der Waals surface area contributed by atoms with Gasteiger partial charge in [0, 0.05) is 6.07 Å². The van der Waals surface area contributed by atoms with E-state index in [4.69, 9.17) is 5.11 Å². The van der Waals surface area contributed by atoms with Crippen LogP contribution >= 0.6 is 0 Å². The predicted molar refractivity (Wildman–Crippen MR) is 62.7 cm³/mol. The van der Waals surface area contributed by atoms with Crippen LogP contribution in [0.5, 0.6) is 5.75 Å². The molecule has 106 valence electrons. The molecule has 0 bridgehead atoms. The molecule has 0 amide bonds. The Kier molecular flexibility index (Phi) is 5.04. The molecule has 0 radical (unpaired) electrons. The van der Waals surface area contributed by atoms with E-state index in [1.807, 2.05) is 0 Å². The molecule has 0 heterocycles. The zero-order valence-electron chi connectivity index (χ0n) is 9.55. The third-order valence-corrected chi connectivity index (χ3v) is 3.21. The maximum atomic E-state index is 12.0. The molecule has 0 aliphatic heterocycles. The Morgan fingerprint density at radius 2 is 2.11 bits per heavy atom. The summed E-state index contributed by atoms with van der Waals surface area (Å²) in [4.78, 5) is 10.3. The summed E-state index contributed by atoms with van der Waals surface area (Å²) in [5.74, 6) is -2.06. The molecule has 1 aromatic carbocycles. The molecule has 0 aliphatic rings. The number of carbonyl (C=O) groups is 1. The maximum Gasteiger partial charge on any atom is 0.387 e. The fourth-order valence-electron chi connectivity index (χ4n) is 1.19. The van der Waals surface area contributed by atoms with Gasteiger partial charge < -0.3 is 9.84 Å². The lowest BCUT2D eigenvalue weighted by molar-refractivity contribution is -0.136. The Morgan fingerprint density at radius 1 is 1.42 bits per heavy atom. The summed E-state index contributed by atoms with van der Waals surface area (Å²) < 4.78 is 53.1. The van der Waals surface area contributed by atoms with Crippen molar-refractivity contribution >= 4 is 21.7 Å². The highest BCUT2D eigenvalue weighted by atomic mass is 32.2. The highest BCUT2D eigenvalue weighted by Crippen LogP contribution is 2.20. The van der Waals surface area contributed by atoms with Crippen molar-refractivity contribution in [2.45, 2.75) is 13.0 Å². The van der Waals surface area contributed by atoms with Crippen LogP contribution in [0.3, 0.4) is 0 Å². The molecule has 0 unspecified atom stereocenters. The second kappa shape index (κ2) is 6.32. The van der Waals surface area contributed by atoms with E-state index in [0.29, 0.717) is 0 Å². The van der Waals surface area contributed by atoms with Crippen LogP contribution in [0.2, 0.25) is 0 Å². The lowest BCUT2D eigenvalue weighted by Crippen LogP contribution is -2.18. The first-order valence-corrected chi connectivity index (χ1v) is 6.71. The summed E-state index contributed by atoms with van der Waals surface area (Å²) in [6, 6.07) is 4.97. The number of nitrogens with one attached hydrogen (secondary N) is 1. The largest absolute Gasteiger partial charge is 0.481 e. The molecular weight excluding hydrogens is 284 g/mol. The fourth-order valence-corrected chi connectivity index (χ4v) is 2.22. The van der Waals surface area contributed by atoms with Gasteiger partial charge in [0.15, 0.2) is 0 Å². The molecule has 0 saturated carbocycles. The van der Waals surface area contributed by atoms with Crippen LogP contribution in [0.25, 0.3) is 0 Å². The first-order chi connectivity index (χ1) is 8.78. The number of halogens is 2. The fraction of sp³-hybridized carbons (Fsp3) is 0.300. The van der Waals surface area contributed by atoms with Crippen molar-refractivity contribution in [2.24, 2.45) is 0 Å². The average molecular weight is 295 g/mol. The van der Waals surface area contributed by atoms with Gasteiger partial charge in [0.05, 0.1) is 17.9 Å². The number of hydrogen-bond donors (Lipinski definition) is 2. The number of alkyl halides is 2. The van der Waals surface area contributed by atoms with Crippen LogP contribution in [0, 0.1) is 0 Å². The van der Waals surface area contributed by atoms with Crippen molar-refractivity contribution in [1.82, 2.24) is 0 Å². The second-order valence-corrected chi connectivity index (χ2v) is 5.31. The van der Waals surface area contributed by atoms with Crippen LogP contribution in [0.15, 0.2) is 24.3 Å². The first-order valence-electron chi connectivity index (χ1n) is 5.06. The third-order valence-electron chi connectivity index (χ3n) is 1.92. The van der Waals surface area contributed by atoms with Crippen LogP contribution in [0.4, 0.5) is 14.5 Å². The lowest BCUT2D eigenvalue weighted by Gasteiger charge is -2.09. The molecule has 0 aliphatic carbocycles. The minimum absolute atomic E-state index is 0.0172. The van der Waals surface area contributed by atoms with Crippen LogP contribution < -0.4 is 9.46 Å². The number of hydrogen-bond acceptors (Lipinski definition) is 4. The standard InChI is InChI=1S/C10H11F2NO5S/c11-10(12)18-8-3-1-2-7(6-8)13-19(16,17)5-4-9(14)15/h1-3,6,10,13H,4-5H2,(H,14,15). The van der Waals surface area contributed by atoms with Crippen molar-refractivity contribution < 1.29 is 31.8 Å². The van der Waals surface area contributed by atoms with E-state index in [-0.39, 0.29) is 11.4 Å². The van der Waals surface area contributed by atoms with E-state index in [0.717, 1.165) is 6.07 Å². The van der Waals surface area contributed by atoms with Gasteiger partial charge in [-0.05, 0) is 12.1 Å². The number of carboxylic acid groups (broad SMARTS) is 1. The molecule has 0 atom stereocenters. The third kappa shape index (κ3) is 6.00. The number of anilines is 1. The van der Waals surface area contributed by atoms with Gasteiger partial charge in [-0.1, -0.05) is 6.07 Å². The SMILES string of the molecule is O=C(O)CCS(=O)(=O)Nc1cccc(OC(F)F)c1. The highest BCUT2D eigenvalue weighted by Gasteiger charge is 2.13. The molecule has 19 heavy (non-hydrogen) atoms. The first kappa shape index (κ1) is 15.2. The Hall–Kier alpha value is -1.90. The molecule has 6 nitrogen and oxygen atoms in total. The average Bonchev–Trinajstić information content (AvgIpc) is 2.25. The Labute approximate surface area is 108 Å². The normalized spacial score (nSPS) is 11.3. The number of benzene rings is 1. The molecule has 0 spiro atoms. The minimum atomic E-state index is -3.85. The van der Waals surface area contributed by atoms with Gasteiger partial charge in [-0.25, -0.2) is 8.42 Å². The molecule has 0 aromatic heterocycles. The van der Waals surface area contributed by atoms with Crippen molar-refractivity contribution in [3.8, 4) is 5.75 Å². The van der Waals surface area contributed by atoms with E-state index in [9.17, 15) is 22.0 Å². The highest BCUT2D eigenvalue weighted by molar-refractivity contribution is 7.92. The number of rotatable bonds is 7. The second-order valence-electron chi connectivity index (χ2n) is 3.47. The van der Waals surface area contributed by atoms with Crippen LogP contribution in [0.1, 0.15) is 6.42 Å². The Balaban J connectivity index is 2.73. The van der Waals surface area contributed by atoms with Gasteiger partial charge in [-0.2, -0.15) is 8.78 Å². The molecule has 0 saturated heterocycles. The van der Waals surface area contributed by atoms with E-state index in [1.54, 1.807) is 0 Å². The van der Waals surface area contributed by atoms with Gasteiger partial charge >= 0.3 is 12.6 Å². The molecule has 9 heteroatoms. The summed E-state index contributed by atoms with van der Waals surface area (Å²) in [6.07, 6.45) is -0.553. The number of ether oxygens (including phenoxy) is 1. The summed E-state index contributed by atoms with van der Waals surface area (Å²) in [7, 11) is -3.85. The summed E-state index contributed by atoms with van der Waals surface area (Å²) in [6.45, 7) is -3.01. The number of aliphatic carboxylic acids is 1. The van der Waals surface area contributed by atoms with E-state index in [1.165, 1.54) is 18.2 Å². The minimum Gasteiger partial charge on any atom is -0.481 e. The van der Waals surface area contributed by atoms with Crippen molar-refractivity contribution in [2.75, 3.05) is 10.5 Å². The zero-order chi connectivity index (χ0) is 14.5. The molecule has 0 fully saturated rings. The monoisotopic (exact) mass is 295 g/mol. The summed E-state index contributed by atoms with van der Waals surface area (Å²) in [5, 5.41) is 8.39. The van der Waals surface area contributed by atoms with Crippen molar-refractivity contribution in [3.63, 3.8) is 0 Å². The van der Waals surface area contributed by atoms with E-state index < -0.39 is 34.8 Å². The Morgan fingerprint density at radius 3 is 2.68 bits per heavy atom. The molecule has 1 aromatic rings. The van der Waals surface area contributed by atoms with Crippen molar-refractivity contribution in [3.05, 3.63) is 24.3 Å². The summed E-state index contributed by atoms with van der Waals surface area (Å²) >= 11 is 0. The van der Waals surface area contributed by atoms with Gasteiger partial charge in [0.1, 0.15) is 5.75 Å². The van der Waals surface area contributed by atoms with E-state index >= 15 is 0 Å². The molecular formula is C10H11F2NO5S. The Bertz CT molecular complexity index is 547. The number of carboxylic acids is 1. The molecule has 2 N–H and O–H groups in total. The van der Waals surface area contributed by atoms with Crippen molar-refractivity contribution in [1.29, 1.82) is 0 Å². The van der Waals surface area contributed by atoms with E-state index in [2.05, 4.69) is 9.46 Å². The van der Waals surface area contributed by atoms with Crippen LogP contribution in [-0.2, 0) is 14.8 Å². The summed E-state index contributed by atoms with van der Waals surface area (Å²) in [5.41, 5.74) is 0.0172. The quantitative estimate of drug-likeness (QED) is 0.795. The smallest absolute Gasteiger partial charge is 0.387 e. The van der Waals surface area contributed by atoms with Gasteiger partial charge in [0.25, 0.3) is 0 Å². The maximum absolute atomic E-state index is 12.0. The zero-order valence-corrected chi connectivity index (χ0v) is 10.4. The molecule has 1 rings (SSSR count). The van der Waals surface area contributed by atoms with Gasteiger partial charge in [-0.15, -0.1) is 0 Å². The number of sulfonamides is 1. The topological polar surface area (TPSA) is 92.7 Å². The lowest BCUT2D eigenvalue weighted by atomic mass is 10.3.